The highest BCUT2D eigenvalue weighted by atomic mass is 16.4. The van der Waals surface area contributed by atoms with Crippen LogP contribution in [0.3, 0.4) is 0 Å². The highest BCUT2D eigenvalue weighted by Gasteiger charge is 2.38. The highest BCUT2D eigenvalue weighted by molar-refractivity contribution is 5.99. The molecule has 0 radical (unpaired) electrons. The first-order chi connectivity index (χ1) is 42.8. The minimum absolute atomic E-state index is 0.0704. The number of phenols is 3. The number of aliphatic hydroxyl groups is 3. The number of carbonyl (C=O) groups is 10. The average Bonchev–Trinajstić information content (AvgIpc) is 1.48. The number of hydrogen-bond donors (Lipinski definition) is 18. The van der Waals surface area contributed by atoms with Crippen LogP contribution in [0.4, 0.5) is 0 Å². The summed E-state index contributed by atoms with van der Waals surface area (Å²) in [6.45, 7) is 3.99. The second-order valence-electron chi connectivity index (χ2n) is 21.6. The Kier molecular flexibility index (Phi) is 27.2. The van der Waals surface area contributed by atoms with Crippen LogP contribution in [-0.2, 0) is 80.0 Å². The zero-order chi connectivity index (χ0) is 66.2. The van der Waals surface area contributed by atoms with Gasteiger partial charge in [-0.25, -0.2) is 9.78 Å². The number of phenolic OH excluding ortho intramolecular Hbond substituents is 3. The van der Waals surface area contributed by atoms with E-state index in [0.717, 1.165) is 6.92 Å². The Balaban J connectivity index is 1.37. The fourth-order valence-corrected chi connectivity index (χ4v) is 9.16. The van der Waals surface area contributed by atoms with Gasteiger partial charge in [-0.15, -0.1) is 0 Å². The van der Waals surface area contributed by atoms with Gasteiger partial charge in [-0.1, -0.05) is 87.0 Å². The molecule has 1 aromatic heterocycles. The molecule has 0 unspecified atom stereocenters. The Morgan fingerprint density at radius 1 is 0.456 bits per heavy atom. The largest absolute Gasteiger partial charge is 0.508 e. The van der Waals surface area contributed by atoms with E-state index in [4.69, 9.17) is 5.73 Å². The number of aliphatic hydroxyl groups excluding tert-OH is 3. The van der Waals surface area contributed by atoms with E-state index >= 15 is 0 Å². The van der Waals surface area contributed by atoms with Crippen molar-refractivity contribution in [2.45, 2.75) is 133 Å². The van der Waals surface area contributed by atoms with Crippen LogP contribution < -0.4 is 53.6 Å². The maximum atomic E-state index is 14.6. The summed E-state index contributed by atoms with van der Waals surface area (Å²) in [6.07, 6.45) is -1.59. The fraction of sp³-hybridized carbons (Fsp3) is 0.393. The summed E-state index contributed by atoms with van der Waals surface area (Å²) in [7, 11) is 0. The molecule has 9 amide bonds. The molecule has 0 spiro atoms. The average molecular weight is 1250 g/mol. The zero-order valence-corrected chi connectivity index (χ0v) is 49.8. The van der Waals surface area contributed by atoms with Crippen molar-refractivity contribution in [2.75, 3.05) is 13.2 Å². The summed E-state index contributed by atoms with van der Waals surface area (Å²) >= 11 is 0. The number of rotatable bonds is 34. The lowest BCUT2D eigenvalue weighted by Crippen LogP contribution is -2.63. The van der Waals surface area contributed by atoms with Gasteiger partial charge < -0.3 is 94.3 Å². The molecule has 0 bridgehead atoms. The normalized spacial score (nSPS) is 15.1. The summed E-state index contributed by atoms with van der Waals surface area (Å²) in [5, 5.41) is 94.4. The Hall–Kier alpha value is -9.97. The van der Waals surface area contributed by atoms with Crippen molar-refractivity contribution >= 4 is 59.1 Å². The number of aliphatic carboxylic acids is 1. The predicted octanol–water partition coefficient (Wildman–Crippen LogP) is -2.75. The van der Waals surface area contributed by atoms with Gasteiger partial charge >= 0.3 is 5.97 Å². The van der Waals surface area contributed by atoms with Gasteiger partial charge in [-0.05, 0) is 78.4 Å². The third-order valence-corrected chi connectivity index (χ3v) is 14.5. The van der Waals surface area contributed by atoms with Crippen LogP contribution in [-0.4, -0.2) is 185 Å². The van der Waals surface area contributed by atoms with Gasteiger partial charge in [0.05, 0.1) is 31.7 Å². The van der Waals surface area contributed by atoms with Crippen molar-refractivity contribution in [2.24, 2.45) is 11.7 Å². The second kappa shape index (κ2) is 34.5. The van der Waals surface area contributed by atoms with E-state index in [-0.39, 0.29) is 49.4 Å². The second-order valence-corrected chi connectivity index (χ2v) is 21.6. The number of nitrogens with one attached hydrogen (secondary N) is 10. The van der Waals surface area contributed by atoms with Crippen LogP contribution in [0.25, 0.3) is 0 Å². The van der Waals surface area contributed by atoms with E-state index in [9.17, 15) is 83.7 Å². The molecule has 0 aliphatic carbocycles. The summed E-state index contributed by atoms with van der Waals surface area (Å²) in [6, 6.07) is 10.2. The number of aromatic amines is 1. The SMILES string of the molecule is CC[C@H](C)[C@H](NC(=O)[C@H](Cc1ccc(O)cc1)NC(=O)[C@H](Cc1ccc(O)cc1)NC(=O)[C@H](CO)NC(=O)[C@@H](NC(=O)[C@H](Cc1ccccc1)NC(=O)[C@@H](NC(=O)[C@H](Cc1ccc(O)cc1)NC(=O)CN)[C@@H](C)O)[C@@H](C)O)C(=O)N[C@@H](Cc1cnc[nH]1)C(=O)O. The molecule has 12 atom stereocenters. The first kappa shape index (κ1) is 70.8. The molecule has 5 aromatic rings. The van der Waals surface area contributed by atoms with E-state index in [1.165, 1.54) is 92.2 Å². The fourth-order valence-electron chi connectivity index (χ4n) is 9.16. The lowest BCUT2D eigenvalue weighted by Gasteiger charge is -2.29. The van der Waals surface area contributed by atoms with Gasteiger partial charge in [0.25, 0.3) is 0 Å². The van der Waals surface area contributed by atoms with Gasteiger partial charge in [0.1, 0.15) is 71.6 Å². The van der Waals surface area contributed by atoms with Crippen LogP contribution in [0.15, 0.2) is 116 Å². The third kappa shape index (κ3) is 22.0. The Morgan fingerprint density at radius 2 is 0.800 bits per heavy atom. The summed E-state index contributed by atoms with van der Waals surface area (Å²) in [5.41, 5.74) is 7.59. The topological polar surface area (TPSA) is 475 Å². The van der Waals surface area contributed by atoms with Gasteiger partial charge in [0.2, 0.25) is 53.2 Å². The third-order valence-electron chi connectivity index (χ3n) is 14.5. The number of hydrogen-bond acceptors (Lipinski definition) is 18. The molecule has 0 fully saturated rings. The number of carboxylic acids is 1. The number of H-pyrrole nitrogens is 1. The van der Waals surface area contributed by atoms with Crippen LogP contribution in [0.5, 0.6) is 17.2 Å². The molecular formula is C61H78N12O17. The van der Waals surface area contributed by atoms with E-state index < -0.39 is 145 Å². The number of aromatic hydroxyl groups is 3. The number of aromatic nitrogens is 2. The van der Waals surface area contributed by atoms with Crippen molar-refractivity contribution < 1.29 is 83.7 Å². The van der Waals surface area contributed by atoms with Crippen LogP contribution >= 0.6 is 0 Å². The van der Waals surface area contributed by atoms with Crippen LogP contribution in [0.2, 0.25) is 0 Å². The van der Waals surface area contributed by atoms with Crippen molar-refractivity contribution in [3.8, 4) is 17.2 Å². The molecule has 90 heavy (non-hydrogen) atoms. The molecule has 0 aliphatic heterocycles. The van der Waals surface area contributed by atoms with Crippen molar-refractivity contribution in [3.05, 3.63) is 144 Å². The molecule has 484 valence electrons. The number of carbonyl (C=O) groups excluding carboxylic acids is 9. The Bertz CT molecular complexity index is 3210. The number of carboxylic acid groups (broad SMARTS) is 1. The Labute approximate surface area is 517 Å². The minimum atomic E-state index is -1.93. The summed E-state index contributed by atoms with van der Waals surface area (Å²) < 4.78 is 0. The molecule has 29 nitrogen and oxygen atoms in total. The maximum Gasteiger partial charge on any atom is 0.326 e. The summed E-state index contributed by atoms with van der Waals surface area (Å²) in [5.74, 6) is -11.5. The van der Waals surface area contributed by atoms with Crippen LogP contribution in [0.1, 0.15) is 62.1 Å². The van der Waals surface area contributed by atoms with Crippen molar-refractivity contribution in [3.63, 3.8) is 0 Å². The summed E-state index contributed by atoms with van der Waals surface area (Å²) in [4.78, 5) is 145. The van der Waals surface area contributed by atoms with Gasteiger partial charge in [-0.2, -0.15) is 0 Å². The van der Waals surface area contributed by atoms with E-state index in [0.29, 0.717) is 34.4 Å². The lowest BCUT2D eigenvalue weighted by molar-refractivity contribution is -0.142. The quantitative estimate of drug-likeness (QED) is 0.0198. The maximum absolute atomic E-state index is 14.6. The minimum Gasteiger partial charge on any atom is -0.508 e. The Morgan fingerprint density at radius 3 is 1.17 bits per heavy atom. The molecule has 1 heterocycles. The molecule has 0 saturated carbocycles. The number of imidazole rings is 1. The standard InChI is InChI=1S/C61H78N12O17/c1-5-32(2)50(58(86)69-47(61(89)90)27-39-29-63-31-64-39)71-55(83)45(26-38-15-21-42(79)22-16-38)66-53(81)44(25-37-13-19-41(78)20-14-37)67-57(85)48(30-74)70-60(88)52(34(4)76)73-56(84)46(23-35-9-7-6-8-10-35)68-59(87)51(33(3)75)72-54(82)43(65-49(80)28-62)24-36-11-17-40(77)18-12-36/h6-22,29,31-34,43-48,50-52,74-79H,5,23-28,30,62H2,1-4H3,(H,63,64)(H,65,80)(H,66,81)(H,67,85)(H,68,87)(H,69,86)(H,70,88)(H,71,83)(H,72,82)(H,73,84)(H,89,90)/t32-,33+,34+,43-,44-,45-,46-,47-,48-,50-,51-,52-/m0/s1. The number of nitrogens with two attached hydrogens (primary N) is 1. The van der Waals surface area contributed by atoms with Crippen molar-refractivity contribution in [1.29, 1.82) is 0 Å². The number of amides is 9. The molecule has 0 aliphatic rings. The smallest absolute Gasteiger partial charge is 0.326 e. The molecule has 0 saturated heterocycles. The number of benzene rings is 4. The first-order valence-electron chi connectivity index (χ1n) is 28.8. The van der Waals surface area contributed by atoms with E-state index in [1.54, 1.807) is 44.2 Å². The predicted molar refractivity (Wildman–Crippen MR) is 322 cm³/mol. The lowest BCUT2D eigenvalue weighted by atomic mass is 9.96. The van der Waals surface area contributed by atoms with E-state index in [2.05, 4.69) is 57.8 Å². The highest BCUT2D eigenvalue weighted by Crippen LogP contribution is 2.17. The van der Waals surface area contributed by atoms with Gasteiger partial charge in [0.15, 0.2) is 0 Å². The first-order valence-corrected chi connectivity index (χ1v) is 28.8. The van der Waals surface area contributed by atoms with Gasteiger partial charge in [-0.3, -0.25) is 43.2 Å². The zero-order valence-electron chi connectivity index (χ0n) is 49.8. The molecule has 5 rings (SSSR count). The number of nitrogens with zero attached hydrogens (tertiary/aromatic N) is 1. The monoisotopic (exact) mass is 1250 g/mol. The molecule has 4 aromatic carbocycles. The van der Waals surface area contributed by atoms with Gasteiger partial charge in [0, 0.05) is 44.0 Å². The van der Waals surface area contributed by atoms with E-state index in [1.807, 2.05) is 0 Å². The van der Waals surface area contributed by atoms with Crippen LogP contribution in [0, 0.1) is 5.92 Å². The molecule has 29 heteroatoms. The molecular weight excluding hydrogens is 1170 g/mol. The molecule has 19 N–H and O–H groups in total. The van der Waals surface area contributed by atoms with Crippen molar-refractivity contribution in [1.82, 2.24) is 57.8 Å².